The Morgan fingerprint density at radius 3 is 2.56 bits per heavy atom. The van der Waals surface area contributed by atoms with Gasteiger partial charge in [0.05, 0.1) is 0 Å². The monoisotopic (exact) mass is 460 g/mol. The van der Waals surface area contributed by atoms with Crippen LogP contribution in [0.2, 0.25) is 0 Å². The number of hydrogen-bond donors (Lipinski definition) is 2. The van der Waals surface area contributed by atoms with Crippen LogP contribution in [0.15, 0.2) is 54.9 Å². The van der Waals surface area contributed by atoms with Gasteiger partial charge in [-0.25, -0.2) is 15.0 Å². The highest BCUT2D eigenvalue weighted by Crippen LogP contribution is 2.27. The number of benzene rings is 1. The summed E-state index contributed by atoms with van der Waals surface area (Å²) in [5.74, 6) is 0.976. The highest BCUT2D eigenvalue weighted by atomic mass is 16.5. The molecule has 3 N–H and O–H groups in total. The number of pyridine rings is 1. The van der Waals surface area contributed by atoms with E-state index in [2.05, 4.69) is 20.3 Å². The van der Waals surface area contributed by atoms with E-state index < -0.39 is 5.91 Å². The normalized spacial score (nSPS) is 17.6. The molecule has 0 spiro atoms. The first-order valence-corrected chi connectivity index (χ1v) is 11.2. The van der Waals surface area contributed by atoms with Crippen LogP contribution in [0.1, 0.15) is 46.4 Å². The average molecular weight is 461 g/mol. The van der Waals surface area contributed by atoms with Crippen molar-refractivity contribution in [3.05, 3.63) is 66.0 Å². The maximum absolute atomic E-state index is 12.3. The molecule has 9 nitrogen and oxygen atoms in total. The molecule has 34 heavy (non-hydrogen) atoms. The van der Waals surface area contributed by atoms with Crippen molar-refractivity contribution in [1.82, 2.24) is 19.9 Å². The van der Waals surface area contributed by atoms with Crippen LogP contribution in [0.4, 0.5) is 5.82 Å². The van der Waals surface area contributed by atoms with E-state index in [1.54, 1.807) is 49.6 Å². The summed E-state index contributed by atoms with van der Waals surface area (Å²) in [6, 6.07) is 12.7. The summed E-state index contributed by atoms with van der Waals surface area (Å²) in [6.07, 6.45) is 6.69. The number of amides is 2. The van der Waals surface area contributed by atoms with E-state index in [1.807, 2.05) is 24.3 Å². The van der Waals surface area contributed by atoms with Crippen molar-refractivity contribution in [3.8, 4) is 17.3 Å². The molecule has 0 radical (unpaired) electrons. The number of aromatic nitrogens is 3. The maximum atomic E-state index is 12.3. The lowest BCUT2D eigenvalue weighted by molar-refractivity contribution is 0.0827. The molecule has 1 fully saturated rings. The largest absolute Gasteiger partial charge is 0.474 e. The number of carbonyl (C=O) groups is 2. The molecule has 0 aliphatic heterocycles. The predicted octanol–water partition coefficient (Wildman–Crippen LogP) is 3.14. The number of nitrogens with two attached hydrogens (primary N) is 1. The zero-order chi connectivity index (χ0) is 24.1. The van der Waals surface area contributed by atoms with Gasteiger partial charge in [0.25, 0.3) is 11.8 Å². The third-order valence-electron chi connectivity index (χ3n) is 5.77. The Kier molecular flexibility index (Phi) is 7.01. The summed E-state index contributed by atoms with van der Waals surface area (Å²) in [5, 5.41) is 3.49. The van der Waals surface area contributed by atoms with E-state index >= 15 is 0 Å². The van der Waals surface area contributed by atoms with E-state index in [9.17, 15) is 9.59 Å². The van der Waals surface area contributed by atoms with Gasteiger partial charge in [0.15, 0.2) is 5.82 Å². The summed E-state index contributed by atoms with van der Waals surface area (Å²) in [5.41, 5.74) is 7.10. The quantitative estimate of drug-likeness (QED) is 0.555. The van der Waals surface area contributed by atoms with Gasteiger partial charge in [0.2, 0.25) is 5.88 Å². The molecule has 0 saturated heterocycles. The Bertz CT molecular complexity index is 1170. The summed E-state index contributed by atoms with van der Waals surface area (Å²) in [4.78, 5) is 38.6. The minimum absolute atomic E-state index is 0.0241. The molecule has 0 unspecified atom stereocenters. The topological polar surface area (TPSA) is 123 Å². The lowest BCUT2D eigenvalue weighted by Gasteiger charge is -2.29. The van der Waals surface area contributed by atoms with Crippen LogP contribution >= 0.6 is 0 Å². The Balaban J connectivity index is 1.37. The highest BCUT2D eigenvalue weighted by molar-refractivity contribution is 5.95. The molecule has 176 valence electrons. The van der Waals surface area contributed by atoms with Crippen LogP contribution in [-0.2, 0) is 0 Å². The van der Waals surface area contributed by atoms with Crippen molar-refractivity contribution in [3.63, 3.8) is 0 Å². The molecule has 2 amide bonds. The standard InChI is InChI=1S/C25H28N6O3/c1-31(2)25(33)17-6-3-5-16(15-17)23-27-14-12-21(30-23)29-18-8-10-19(11-9-18)34-24-20(22(26)32)7-4-13-28-24/h3-7,12-15,18-19H,8-11H2,1-2H3,(H2,26,32)(H,27,29,30). The van der Waals surface area contributed by atoms with Crippen molar-refractivity contribution >= 4 is 17.6 Å². The zero-order valence-electron chi connectivity index (χ0n) is 19.3. The summed E-state index contributed by atoms with van der Waals surface area (Å²) in [7, 11) is 3.45. The minimum atomic E-state index is -0.547. The molecule has 4 rings (SSSR count). The van der Waals surface area contributed by atoms with E-state index in [1.165, 1.54) is 0 Å². The molecule has 1 saturated carbocycles. The fourth-order valence-electron chi connectivity index (χ4n) is 3.99. The van der Waals surface area contributed by atoms with Crippen LogP contribution in [0, 0.1) is 0 Å². The van der Waals surface area contributed by atoms with E-state index in [0.717, 1.165) is 37.1 Å². The predicted molar refractivity (Wildman–Crippen MR) is 129 cm³/mol. The Hall–Kier alpha value is -4.01. The summed E-state index contributed by atoms with van der Waals surface area (Å²) >= 11 is 0. The summed E-state index contributed by atoms with van der Waals surface area (Å²) < 4.78 is 5.97. The van der Waals surface area contributed by atoms with E-state index in [-0.39, 0.29) is 18.1 Å². The minimum Gasteiger partial charge on any atom is -0.474 e. The van der Waals surface area contributed by atoms with Gasteiger partial charge < -0.3 is 20.7 Å². The fourth-order valence-corrected chi connectivity index (χ4v) is 3.99. The third-order valence-corrected chi connectivity index (χ3v) is 5.77. The smallest absolute Gasteiger partial charge is 0.254 e. The molecular weight excluding hydrogens is 432 g/mol. The highest BCUT2D eigenvalue weighted by Gasteiger charge is 2.24. The molecule has 2 aromatic heterocycles. The van der Waals surface area contributed by atoms with Crippen molar-refractivity contribution in [1.29, 1.82) is 0 Å². The average Bonchev–Trinajstić information content (AvgIpc) is 2.85. The number of carbonyl (C=O) groups excluding carboxylic acids is 2. The van der Waals surface area contributed by atoms with Gasteiger partial charge in [-0.15, -0.1) is 0 Å². The first-order valence-electron chi connectivity index (χ1n) is 11.2. The molecule has 3 aromatic rings. The molecule has 9 heteroatoms. The van der Waals surface area contributed by atoms with Crippen molar-refractivity contribution in [2.45, 2.75) is 37.8 Å². The van der Waals surface area contributed by atoms with Gasteiger partial charge in [-0.05, 0) is 56.0 Å². The number of rotatable bonds is 7. The van der Waals surface area contributed by atoms with Crippen molar-refractivity contribution in [2.24, 2.45) is 5.73 Å². The zero-order valence-corrected chi connectivity index (χ0v) is 19.3. The van der Waals surface area contributed by atoms with E-state index in [0.29, 0.717) is 22.8 Å². The van der Waals surface area contributed by atoms with Crippen molar-refractivity contribution < 1.29 is 14.3 Å². The first kappa shape index (κ1) is 23.2. The molecule has 2 heterocycles. The Morgan fingerprint density at radius 1 is 1.03 bits per heavy atom. The molecule has 1 aromatic carbocycles. The van der Waals surface area contributed by atoms with Gasteiger partial charge in [-0.2, -0.15) is 0 Å². The number of nitrogens with one attached hydrogen (secondary N) is 1. The summed E-state index contributed by atoms with van der Waals surface area (Å²) in [6.45, 7) is 0. The Labute approximate surface area is 198 Å². The van der Waals surface area contributed by atoms with Gasteiger partial charge in [-0.1, -0.05) is 12.1 Å². The maximum Gasteiger partial charge on any atom is 0.254 e. The van der Waals surface area contributed by atoms with Crippen molar-refractivity contribution in [2.75, 3.05) is 19.4 Å². The number of hydrogen-bond acceptors (Lipinski definition) is 7. The lowest BCUT2D eigenvalue weighted by atomic mass is 9.93. The fraction of sp³-hybridized carbons (Fsp3) is 0.320. The number of primary amides is 1. The number of nitrogens with zero attached hydrogens (tertiary/aromatic N) is 4. The third kappa shape index (κ3) is 5.48. The van der Waals surface area contributed by atoms with Gasteiger partial charge in [-0.3, -0.25) is 9.59 Å². The second kappa shape index (κ2) is 10.3. The number of anilines is 1. The van der Waals surface area contributed by atoms with E-state index in [4.69, 9.17) is 10.5 Å². The van der Waals surface area contributed by atoms with Gasteiger partial charge in [0, 0.05) is 43.7 Å². The van der Waals surface area contributed by atoms with Crippen LogP contribution in [0.5, 0.6) is 5.88 Å². The lowest BCUT2D eigenvalue weighted by Crippen LogP contribution is -2.32. The van der Waals surface area contributed by atoms with Gasteiger partial charge >= 0.3 is 0 Å². The molecule has 1 aliphatic carbocycles. The SMILES string of the molecule is CN(C)C(=O)c1cccc(-c2nccc(NC3CCC(Oc4ncccc4C(N)=O)CC3)n2)c1. The van der Waals surface area contributed by atoms with Crippen LogP contribution in [-0.4, -0.2) is 57.9 Å². The Morgan fingerprint density at radius 2 is 1.82 bits per heavy atom. The second-order valence-electron chi connectivity index (χ2n) is 8.50. The van der Waals surface area contributed by atoms with Crippen LogP contribution < -0.4 is 15.8 Å². The first-order chi connectivity index (χ1) is 16.4. The number of ether oxygens (including phenoxy) is 1. The van der Waals surface area contributed by atoms with Crippen LogP contribution in [0.3, 0.4) is 0 Å². The molecule has 1 aliphatic rings. The van der Waals surface area contributed by atoms with Gasteiger partial charge in [0.1, 0.15) is 17.5 Å². The second-order valence-corrected chi connectivity index (χ2v) is 8.50. The van der Waals surface area contributed by atoms with Crippen LogP contribution in [0.25, 0.3) is 11.4 Å². The molecule has 0 bridgehead atoms. The molecule has 0 atom stereocenters. The molecular formula is C25H28N6O3.